The first kappa shape index (κ1) is 25.4. The van der Waals surface area contributed by atoms with E-state index in [1.54, 1.807) is 54.7 Å². The molecule has 1 fully saturated rings. The van der Waals surface area contributed by atoms with Crippen molar-refractivity contribution in [1.29, 1.82) is 0 Å². The van der Waals surface area contributed by atoms with Crippen LogP contribution in [0.3, 0.4) is 0 Å². The number of nitrogens with one attached hydrogen (secondary N) is 3. The minimum absolute atomic E-state index is 0.0672. The highest BCUT2D eigenvalue weighted by molar-refractivity contribution is 5.95. The molecule has 2 aliphatic heterocycles. The lowest BCUT2D eigenvalue weighted by atomic mass is 10.1. The molecule has 10 nitrogen and oxygen atoms in total. The molecule has 4 rings (SSSR count). The van der Waals surface area contributed by atoms with E-state index in [2.05, 4.69) is 20.9 Å². The second-order valence-electron chi connectivity index (χ2n) is 8.94. The van der Waals surface area contributed by atoms with Gasteiger partial charge in [-0.25, -0.2) is 0 Å². The van der Waals surface area contributed by atoms with Gasteiger partial charge in [0.05, 0.1) is 18.7 Å². The number of amides is 3. The average Bonchev–Trinajstić information content (AvgIpc) is 3.37. The van der Waals surface area contributed by atoms with E-state index >= 15 is 0 Å². The average molecular weight is 496 g/mol. The second kappa shape index (κ2) is 12.3. The van der Waals surface area contributed by atoms with Crippen LogP contribution in [0.25, 0.3) is 0 Å². The largest absolute Gasteiger partial charge is 0.493 e. The van der Waals surface area contributed by atoms with E-state index in [0.717, 1.165) is 12.8 Å². The quantitative estimate of drug-likeness (QED) is 0.575. The molecule has 36 heavy (non-hydrogen) atoms. The molecule has 0 aliphatic carbocycles. The highest BCUT2D eigenvalue weighted by atomic mass is 16.5. The molecule has 192 valence electrons. The molecule has 1 aromatic heterocycles. The van der Waals surface area contributed by atoms with Crippen molar-refractivity contribution in [2.45, 2.75) is 37.8 Å². The normalized spacial score (nSPS) is 21.8. The van der Waals surface area contributed by atoms with Crippen LogP contribution in [0, 0.1) is 0 Å². The number of hydrogen-bond acceptors (Lipinski definition) is 7. The van der Waals surface area contributed by atoms with Crippen LogP contribution < -0.4 is 25.4 Å². The van der Waals surface area contributed by atoms with Gasteiger partial charge in [0.2, 0.25) is 5.91 Å². The lowest BCUT2D eigenvalue weighted by Gasteiger charge is -2.23. The summed E-state index contributed by atoms with van der Waals surface area (Å²) in [5.74, 6) is 0.594. The SMILES string of the molecule is COc1ccc2cc1O[C@@H]1CN[C@@H](C1)C(=O)NCCCCN(C(=O)c1cccnc1)CCCNC2=O. The summed E-state index contributed by atoms with van der Waals surface area (Å²) in [6.07, 6.45) is 5.57. The Hall–Kier alpha value is -3.66. The van der Waals surface area contributed by atoms with Crippen LogP contribution in [0.15, 0.2) is 42.7 Å². The molecule has 4 bridgehead atoms. The first-order valence-corrected chi connectivity index (χ1v) is 12.4. The van der Waals surface area contributed by atoms with Crippen molar-refractivity contribution in [3.05, 3.63) is 53.9 Å². The number of hydrogen-bond donors (Lipinski definition) is 3. The monoisotopic (exact) mass is 495 g/mol. The molecule has 3 amide bonds. The molecule has 2 aliphatic rings. The Morgan fingerprint density at radius 1 is 1.11 bits per heavy atom. The number of carbonyl (C=O) groups excluding carboxylic acids is 3. The fourth-order valence-electron chi connectivity index (χ4n) is 4.41. The van der Waals surface area contributed by atoms with Crippen LogP contribution in [0.5, 0.6) is 11.5 Å². The van der Waals surface area contributed by atoms with Crippen molar-refractivity contribution in [2.24, 2.45) is 0 Å². The third kappa shape index (κ3) is 6.51. The summed E-state index contributed by atoms with van der Waals surface area (Å²) in [7, 11) is 1.55. The van der Waals surface area contributed by atoms with E-state index in [4.69, 9.17) is 9.47 Å². The van der Waals surface area contributed by atoms with Gasteiger partial charge >= 0.3 is 0 Å². The number of rotatable bonds is 2. The predicted octanol–water partition coefficient (Wildman–Crippen LogP) is 1.37. The Morgan fingerprint density at radius 3 is 2.75 bits per heavy atom. The Bertz CT molecular complexity index is 1060. The molecule has 3 N–H and O–H groups in total. The smallest absolute Gasteiger partial charge is 0.255 e. The van der Waals surface area contributed by atoms with Crippen molar-refractivity contribution in [1.82, 2.24) is 25.8 Å². The summed E-state index contributed by atoms with van der Waals surface area (Å²) >= 11 is 0. The Labute approximate surface area is 210 Å². The molecule has 2 aromatic rings. The van der Waals surface area contributed by atoms with E-state index < -0.39 is 0 Å². The van der Waals surface area contributed by atoms with E-state index in [1.165, 1.54) is 0 Å². The fraction of sp³-hybridized carbons (Fsp3) is 0.462. The molecule has 0 spiro atoms. The van der Waals surface area contributed by atoms with Gasteiger partial charge in [-0.2, -0.15) is 0 Å². The minimum atomic E-state index is -0.349. The summed E-state index contributed by atoms with van der Waals surface area (Å²) in [4.78, 5) is 44.3. The van der Waals surface area contributed by atoms with Gasteiger partial charge in [0.1, 0.15) is 6.10 Å². The van der Waals surface area contributed by atoms with Gasteiger partial charge < -0.3 is 30.3 Å². The van der Waals surface area contributed by atoms with Crippen LogP contribution in [-0.2, 0) is 4.79 Å². The Morgan fingerprint density at radius 2 is 1.94 bits per heavy atom. The predicted molar refractivity (Wildman–Crippen MR) is 133 cm³/mol. The van der Waals surface area contributed by atoms with Gasteiger partial charge in [0.25, 0.3) is 11.8 Å². The van der Waals surface area contributed by atoms with Crippen molar-refractivity contribution >= 4 is 17.7 Å². The Kier molecular flexibility index (Phi) is 8.72. The molecule has 3 heterocycles. The molecule has 10 heteroatoms. The van der Waals surface area contributed by atoms with Crippen molar-refractivity contribution in [3.63, 3.8) is 0 Å². The lowest BCUT2D eigenvalue weighted by molar-refractivity contribution is -0.122. The van der Waals surface area contributed by atoms with Gasteiger partial charge in [-0.05, 0) is 49.6 Å². The summed E-state index contributed by atoms with van der Waals surface area (Å²) in [5.41, 5.74) is 0.980. The number of ether oxygens (including phenoxy) is 2. The minimum Gasteiger partial charge on any atom is -0.493 e. The maximum atomic E-state index is 13.0. The third-order valence-electron chi connectivity index (χ3n) is 6.37. The number of aromatic nitrogens is 1. The van der Waals surface area contributed by atoms with Crippen molar-refractivity contribution < 1.29 is 23.9 Å². The number of pyridine rings is 1. The summed E-state index contributed by atoms with van der Waals surface area (Å²) in [6.45, 7) is 2.51. The molecule has 0 saturated carbocycles. The van der Waals surface area contributed by atoms with Gasteiger partial charge in [-0.15, -0.1) is 0 Å². The number of benzene rings is 1. The second-order valence-corrected chi connectivity index (χ2v) is 8.94. The molecule has 0 unspecified atom stereocenters. The lowest BCUT2D eigenvalue weighted by Crippen LogP contribution is -2.41. The standard InChI is InChI=1S/C26H33N5O5/c1-35-22-8-7-18-14-23(22)36-20-15-21(30-17-20)25(33)29-10-2-3-12-31(13-5-11-28-24(18)32)26(34)19-6-4-9-27-16-19/h4,6-9,14,16,20-21,30H,2-3,5,10-13,15,17H2,1H3,(H,28,32)(H,29,33)/t20-,21-/m0/s1. The first-order valence-electron chi connectivity index (χ1n) is 12.4. The number of nitrogens with zero attached hydrogens (tertiary/aromatic N) is 2. The summed E-state index contributed by atoms with van der Waals surface area (Å²) < 4.78 is 11.5. The van der Waals surface area contributed by atoms with E-state index in [-0.39, 0.29) is 29.9 Å². The fourth-order valence-corrected chi connectivity index (χ4v) is 4.41. The van der Waals surface area contributed by atoms with Crippen molar-refractivity contribution in [2.75, 3.05) is 39.8 Å². The number of fused-ring (bicyclic) bond motifs is 4. The molecular weight excluding hydrogens is 462 g/mol. The maximum absolute atomic E-state index is 13.0. The van der Waals surface area contributed by atoms with Crippen LogP contribution >= 0.6 is 0 Å². The van der Waals surface area contributed by atoms with Gasteiger partial charge in [-0.1, -0.05) is 0 Å². The molecule has 2 atom stereocenters. The highest BCUT2D eigenvalue weighted by Crippen LogP contribution is 2.30. The van der Waals surface area contributed by atoms with Gasteiger partial charge in [0, 0.05) is 57.1 Å². The van der Waals surface area contributed by atoms with Crippen molar-refractivity contribution in [3.8, 4) is 11.5 Å². The highest BCUT2D eigenvalue weighted by Gasteiger charge is 2.31. The molecule has 1 aromatic carbocycles. The number of carbonyl (C=O) groups is 3. The molecule has 1 saturated heterocycles. The Balaban J connectivity index is 1.48. The maximum Gasteiger partial charge on any atom is 0.255 e. The van der Waals surface area contributed by atoms with Crippen LogP contribution in [0.2, 0.25) is 0 Å². The summed E-state index contributed by atoms with van der Waals surface area (Å²) in [5, 5.41) is 9.12. The zero-order valence-corrected chi connectivity index (χ0v) is 20.5. The topological polar surface area (TPSA) is 122 Å². The molecular formula is C26H33N5O5. The van der Waals surface area contributed by atoms with Gasteiger partial charge in [0.15, 0.2) is 11.5 Å². The van der Waals surface area contributed by atoms with E-state index in [9.17, 15) is 14.4 Å². The number of methoxy groups -OCH3 is 1. The van der Waals surface area contributed by atoms with Gasteiger partial charge in [-0.3, -0.25) is 19.4 Å². The van der Waals surface area contributed by atoms with E-state index in [1.807, 2.05) is 0 Å². The zero-order valence-electron chi connectivity index (χ0n) is 20.5. The van der Waals surface area contributed by atoms with E-state index in [0.29, 0.717) is 68.2 Å². The summed E-state index contributed by atoms with van der Waals surface area (Å²) in [6, 6.07) is 8.18. The van der Waals surface area contributed by atoms with Crippen LogP contribution in [0.4, 0.5) is 0 Å². The van der Waals surface area contributed by atoms with Crippen LogP contribution in [0.1, 0.15) is 46.4 Å². The third-order valence-corrected chi connectivity index (χ3v) is 6.37. The molecule has 0 radical (unpaired) electrons. The van der Waals surface area contributed by atoms with Crippen LogP contribution in [-0.4, -0.2) is 79.6 Å². The zero-order chi connectivity index (χ0) is 25.3. The first-order chi connectivity index (χ1) is 17.5.